The van der Waals surface area contributed by atoms with E-state index in [1.807, 2.05) is 56.3 Å². The Morgan fingerprint density at radius 3 is 2.56 bits per heavy atom. The van der Waals surface area contributed by atoms with Crippen LogP contribution < -0.4 is 15.1 Å². The quantitative estimate of drug-likeness (QED) is 0.853. The SMILES string of the molecule is Cc1cc(N2CCOCC2)nc(N(C)C)c1C(=O)NCc1ccc(Cl)cc1. The van der Waals surface area contributed by atoms with Crippen molar-refractivity contribution in [3.05, 3.63) is 52.0 Å². The maximum absolute atomic E-state index is 12.9. The average molecular weight is 389 g/mol. The highest BCUT2D eigenvalue weighted by Gasteiger charge is 2.21. The summed E-state index contributed by atoms with van der Waals surface area (Å²) in [5, 5.41) is 3.67. The van der Waals surface area contributed by atoms with E-state index in [0.717, 1.165) is 30.0 Å². The fourth-order valence-corrected chi connectivity index (χ4v) is 3.20. The van der Waals surface area contributed by atoms with Crippen molar-refractivity contribution in [1.29, 1.82) is 0 Å². The number of carbonyl (C=O) groups excluding carboxylic acids is 1. The number of halogens is 1. The van der Waals surface area contributed by atoms with Crippen molar-refractivity contribution in [3.63, 3.8) is 0 Å². The number of hydrogen-bond donors (Lipinski definition) is 1. The molecule has 0 aliphatic carbocycles. The molecule has 0 spiro atoms. The number of anilines is 2. The lowest BCUT2D eigenvalue weighted by molar-refractivity contribution is 0.0950. The van der Waals surface area contributed by atoms with Gasteiger partial charge >= 0.3 is 0 Å². The lowest BCUT2D eigenvalue weighted by atomic mass is 10.1. The predicted molar refractivity (Wildman–Crippen MR) is 109 cm³/mol. The molecule has 0 atom stereocenters. The van der Waals surface area contributed by atoms with Crippen LogP contribution in [-0.2, 0) is 11.3 Å². The lowest BCUT2D eigenvalue weighted by Gasteiger charge is -2.29. The number of nitrogens with one attached hydrogen (secondary N) is 1. The molecule has 7 heteroatoms. The molecule has 1 amide bonds. The summed E-state index contributed by atoms with van der Waals surface area (Å²) in [5.74, 6) is 1.42. The third kappa shape index (κ3) is 4.70. The third-order valence-corrected chi connectivity index (χ3v) is 4.79. The van der Waals surface area contributed by atoms with E-state index in [4.69, 9.17) is 21.3 Å². The van der Waals surface area contributed by atoms with E-state index in [-0.39, 0.29) is 5.91 Å². The molecular formula is C20H25ClN4O2. The number of carbonyl (C=O) groups is 1. The van der Waals surface area contributed by atoms with Gasteiger partial charge in [0, 0.05) is 38.8 Å². The normalized spacial score (nSPS) is 14.1. The number of aryl methyl sites for hydroxylation is 1. The maximum Gasteiger partial charge on any atom is 0.255 e. The van der Waals surface area contributed by atoms with Crippen LogP contribution in [0.1, 0.15) is 21.5 Å². The predicted octanol–water partition coefficient (Wildman–Crippen LogP) is 2.88. The van der Waals surface area contributed by atoms with E-state index in [1.54, 1.807) is 0 Å². The molecule has 1 N–H and O–H groups in total. The van der Waals surface area contributed by atoms with Crippen molar-refractivity contribution in [3.8, 4) is 0 Å². The number of rotatable bonds is 5. The first-order valence-electron chi connectivity index (χ1n) is 9.00. The second kappa shape index (κ2) is 8.59. The summed E-state index contributed by atoms with van der Waals surface area (Å²) in [6, 6.07) is 9.43. The number of pyridine rings is 1. The summed E-state index contributed by atoms with van der Waals surface area (Å²) >= 11 is 5.91. The molecule has 3 rings (SSSR count). The van der Waals surface area contributed by atoms with Crippen molar-refractivity contribution >= 4 is 29.1 Å². The monoisotopic (exact) mass is 388 g/mol. The summed E-state index contributed by atoms with van der Waals surface area (Å²) in [6.45, 7) is 5.40. The van der Waals surface area contributed by atoms with Crippen molar-refractivity contribution in [1.82, 2.24) is 10.3 Å². The van der Waals surface area contributed by atoms with Crippen LogP contribution in [-0.4, -0.2) is 51.3 Å². The van der Waals surface area contributed by atoms with Gasteiger partial charge < -0.3 is 19.9 Å². The number of benzene rings is 1. The van der Waals surface area contributed by atoms with Crippen LogP contribution in [0.25, 0.3) is 0 Å². The topological polar surface area (TPSA) is 57.7 Å². The standard InChI is InChI=1S/C20H25ClN4O2/c1-14-12-17(25-8-10-27-11-9-25)23-19(24(2)3)18(14)20(26)22-13-15-4-6-16(21)7-5-15/h4-7,12H,8-11,13H2,1-3H3,(H,22,26). The Morgan fingerprint density at radius 1 is 1.26 bits per heavy atom. The molecule has 1 aromatic carbocycles. The van der Waals surface area contributed by atoms with Crippen LogP contribution in [0.15, 0.2) is 30.3 Å². The summed E-state index contributed by atoms with van der Waals surface area (Å²) in [7, 11) is 3.81. The molecule has 0 saturated carbocycles. The summed E-state index contributed by atoms with van der Waals surface area (Å²) in [5.41, 5.74) is 2.50. The van der Waals surface area contributed by atoms with E-state index >= 15 is 0 Å². The molecule has 1 aromatic heterocycles. The van der Waals surface area contributed by atoms with Crippen LogP contribution in [0.4, 0.5) is 11.6 Å². The zero-order chi connectivity index (χ0) is 19.4. The number of amides is 1. The molecule has 0 bridgehead atoms. The van der Waals surface area contributed by atoms with Gasteiger partial charge in [0.15, 0.2) is 0 Å². The van der Waals surface area contributed by atoms with Gasteiger partial charge in [-0.1, -0.05) is 23.7 Å². The summed E-state index contributed by atoms with van der Waals surface area (Å²) < 4.78 is 5.42. The fourth-order valence-electron chi connectivity index (χ4n) is 3.07. The Kier molecular flexibility index (Phi) is 6.19. The number of hydrogen-bond acceptors (Lipinski definition) is 5. The molecule has 1 fully saturated rings. The Hall–Kier alpha value is -2.31. The zero-order valence-electron chi connectivity index (χ0n) is 16.0. The van der Waals surface area contributed by atoms with Gasteiger partial charge in [-0.15, -0.1) is 0 Å². The van der Waals surface area contributed by atoms with Gasteiger partial charge in [-0.2, -0.15) is 0 Å². The third-order valence-electron chi connectivity index (χ3n) is 4.54. The second-order valence-electron chi connectivity index (χ2n) is 6.80. The summed E-state index contributed by atoms with van der Waals surface area (Å²) in [6.07, 6.45) is 0. The molecule has 27 heavy (non-hydrogen) atoms. The number of ether oxygens (including phenoxy) is 1. The van der Waals surface area contributed by atoms with Crippen molar-refractivity contribution in [2.24, 2.45) is 0 Å². The van der Waals surface area contributed by atoms with Crippen molar-refractivity contribution < 1.29 is 9.53 Å². The molecule has 2 heterocycles. The van der Waals surface area contributed by atoms with Gasteiger partial charge in [-0.3, -0.25) is 4.79 Å². The zero-order valence-corrected chi connectivity index (χ0v) is 16.7. The highest BCUT2D eigenvalue weighted by molar-refractivity contribution is 6.30. The van der Waals surface area contributed by atoms with Gasteiger partial charge in [-0.05, 0) is 36.2 Å². The van der Waals surface area contributed by atoms with Gasteiger partial charge in [0.2, 0.25) is 0 Å². The first-order valence-corrected chi connectivity index (χ1v) is 9.38. The lowest BCUT2D eigenvalue weighted by Crippen LogP contribution is -2.37. The number of aromatic nitrogens is 1. The first kappa shape index (κ1) is 19.5. The smallest absolute Gasteiger partial charge is 0.255 e. The van der Waals surface area contributed by atoms with Crippen LogP contribution in [0.2, 0.25) is 5.02 Å². The molecule has 1 saturated heterocycles. The minimum absolute atomic E-state index is 0.132. The van der Waals surface area contributed by atoms with Crippen LogP contribution in [0, 0.1) is 6.92 Å². The highest BCUT2D eigenvalue weighted by Crippen LogP contribution is 2.26. The van der Waals surface area contributed by atoms with Gasteiger partial charge in [0.25, 0.3) is 5.91 Å². The van der Waals surface area contributed by atoms with E-state index in [1.165, 1.54) is 0 Å². The molecule has 0 radical (unpaired) electrons. The molecule has 2 aromatic rings. The second-order valence-corrected chi connectivity index (χ2v) is 7.24. The van der Waals surface area contributed by atoms with E-state index < -0.39 is 0 Å². The molecule has 1 aliphatic rings. The molecule has 144 valence electrons. The Labute approximate surface area is 165 Å². The van der Waals surface area contributed by atoms with Crippen molar-refractivity contribution in [2.45, 2.75) is 13.5 Å². The van der Waals surface area contributed by atoms with Gasteiger partial charge in [-0.25, -0.2) is 4.98 Å². The first-order chi connectivity index (χ1) is 13.0. The molecule has 0 unspecified atom stereocenters. The Balaban J connectivity index is 1.82. The molecule has 6 nitrogen and oxygen atoms in total. The Morgan fingerprint density at radius 2 is 1.93 bits per heavy atom. The number of nitrogens with zero attached hydrogens (tertiary/aromatic N) is 3. The maximum atomic E-state index is 12.9. The van der Waals surface area contributed by atoms with Crippen molar-refractivity contribution in [2.75, 3.05) is 50.2 Å². The van der Waals surface area contributed by atoms with E-state index in [0.29, 0.717) is 36.2 Å². The fraction of sp³-hybridized carbons (Fsp3) is 0.400. The average Bonchev–Trinajstić information content (AvgIpc) is 2.67. The van der Waals surface area contributed by atoms with Gasteiger partial charge in [0.05, 0.1) is 18.8 Å². The summed E-state index contributed by atoms with van der Waals surface area (Å²) in [4.78, 5) is 21.7. The molecule has 1 aliphatic heterocycles. The van der Waals surface area contributed by atoms with Crippen LogP contribution in [0.3, 0.4) is 0 Å². The Bertz CT molecular complexity index is 802. The van der Waals surface area contributed by atoms with E-state index in [2.05, 4.69) is 10.2 Å². The van der Waals surface area contributed by atoms with Gasteiger partial charge in [0.1, 0.15) is 11.6 Å². The minimum Gasteiger partial charge on any atom is -0.378 e. The van der Waals surface area contributed by atoms with Crippen LogP contribution in [0.5, 0.6) is 0 Å². The minimum atomic E-state index is -0.132. The van der Waals surface area contributed by atoms with Crippen LogP contribution >= 0.6 is 11.6 Å². The number of morpholine rings is 1. The van der Waals surface area contributed by atoms with E-state index in [9.17, 15) is 4.79 Å². The highest BCUT2D eigenvalue weighted by atomic mass is 35.5. The molecular weight excluding hydrogens is 364 g/mol. The largest absolute Gasteiger partial charge is 0.378 e.